The summed E-state index contributed by atoms with van der Waals surface area (Å²) in [5, 5.41) is 0. The smallest absolute Gasteiger partial charge is 0.220 e. The Morgan fingerprint density at radius 3 is 2.17 bits per heavy atom. The highest BCUT2D eigenvalue weighted by Crippen LogP contribution is 2.33. The highest BCUT2D eigenvalue weighted by Gasteiger charge is 2.17. The van der Waals surface area contributed by atoms with Crippen LogP contribution in [0, 0.1) is 13.8 Å². The van der Waals surface area contributed by atoms with E-state index in [1.807, 2.05) is 48.8 Å². The molecule has 0 amide bonds. The van der Waals surface area contributed by atoms with Crippen LogP contribution in [-0.4, -0.2) is 23.5 Å². The van der Waals surface area contributed by atoms with Crippen molar-refractivity contribution in [2.75, 3.05) is 0 Å². The molecule has 0 atom stereocenters. The number of aromatic nitrogens is 5. The maximum atomic E-state index is 6.45. The van der Waals surface area contributed by atoms with E-state index in [2.05, 4.69) is 106 Å². The van der Waals surface area contributed by atoms with Crippen molar-refractivity contribution in [2.24, 2.45) is 0 Å². The Labute approximate surface area is 242 Å². The SMILES string of the molecule is Cc1cccc(C)c1-n1ccnc1-c1cccc(Oc2cccc(-n3c4ccccc4n4c5ccccc5nc34)c2)c1. The van der Waals surface area contributed by atoms with Gasteiger partial charge in [0, 0.05) is 24.0 Å². The van der Waals surface area contributed by atoms with E-state index in [1.165, 1.54) is 11.1 Å². The first-order valence-corrected chi connectivity index (χ1v) is 14.0. The molecule has 6 heteroatoms. The third kappa shape index (κ3) is 3.80. The molecule has 0 aliphatic rings. The maximum absolute atomic E-state index is 6.45. The molecule has 8 aromatic rings. The molecule has 42 heavy (non-hydrogen) atoms. The molecule has 0 fully saturated rings. The van der Waals surface area contributed by atoms with Gasteiger partial charge in [0.15, 0.2) is 0 Å². The molecule has 6 nitrogen and oxygen atoms in total. The van der Waals surface area contributed by atoms with Crippen molar-refractivity contribution in [3.63, 3.8) is 0 Å². The number of hydrogen-bond donors (Lipinski definition) is 0. The van der Waals surface area contributed by atoms with E-state index in [0.29, 0.717) is 0 Å². The zero-order valence-electron chi connectivity index (χ0n) is 23.3. The summed E-state index contributed by atoms with van der Waals surface area (Å²) in [6.07, 6.45) is 3.86. The van der Waals surface area contributed by atoms with Gasteiger partial charge in [-0.1, -0.05) is 60.7 Å². The minimum Gasteiger partial charge on any atom is -0.457 e. The van der Waals surface area contributed by atoms with Crippen LogP contribution in [0.15, 0.2) is 128 Å². The quantitative estimate of drug-likeness (QED) is 0.217. The van der Waals surface area contributed by atoms with Crippen LogP contribution in [0.2, 0.25) is 0 Å². The van der Waals surface area contributed by atoms with Gasteiger partial charge in [-0.2, -0.15) is 0 Å². The van der Waals surface area contributed by atoms with Gasteiger partial charge in [0.2, 0.25) is 5.78 Å². The molecular weight excluding hydrogens is 518 g/mol. The molecule has 8 rings (SSSR count). The molecule has 0 radical (unpaired) electrons. The van der Waals surface area contributed by atoms with Crippen molar-refractivity contribution in [2.45, 2.75) is 13.8 Å². The van der Waals surface area contributed by atoms with Gasteiger partial charge in [0.1, 0.15) is 17.3 Å². The van der Waals surface area contributed by atoms with Gasteiger partial charge in [0.25, 0.3) is 0 Å². The average Bonchev–Trinajstić information content (AvgIpc) is 3.71. The number of fused-ring (bicyclic) bond motifs is 5. The number of aryl methyl sites for hydroxylation is 2. The van der Waals surface area contributed by atoms with Gasteiger partial charge < -0.3 is 4.74 Å². The second-order valence-corrected chi connectivity index (χ2v) is 10.5. The molecular formula is C36H27N5O. The lowest BCUT2D eigenvalue weighted by Gasteiger charge is -2.14. The molecule has 0 bridgehead atoms. The lowest BCUT2D eigenvalue weighted by Crippen LogP contribution is -2.01. The van der Waals surface area contributed by atoms with Crippen LogP contribution in [0.5, 0.6) is 11.5 Å². The van der Waals surface area contributed by atoms with Crippen LogP contribution >= 0.6 is 0 Å². The first-order chi connectivity index (χ1) is 20.7. The van der Waals surface area contributed by atoms with Gasteiger partial charge in [-0.15, -0.1) is 0 Å². The second-order valence-electron chi connectivity index (χ2n) is 10.5. The lowest BCUT2D eigenvalue weighted by atomic mass is 10.1. The van der Waals surface area contributed by atoms with Crippen LogP contribution in [0.1, 0.15) is 11.1 Å². The number of nitrogens with zero attached hydrogens (tertiary/aromatic N) is 5. The van der Waals surface area contributed by atoms with Gasteiger partial charge in [-0.25, -0.2) is 9.97 Å². The largest absolute Gasteiger partial charge is 0.457 e. The first-order valence-electron chi connectivity index (χ1n) is 14.0. The highest BCUT2D eigenvalue weighted by atomic mass is 16.5. The third-order valence-corrected chi connectivity index (χ3v) is 7.83. The number of rotatable bonds is 5. The molecule has 0 unspecified atom stereocenters. The summed E-state index contributed by atoms with van der Waals surface area (Å²) in [6, 6.07) is 39.3. The monoisotopic (exact) mass is 545 g/mol. The van der Waals surface area contributed by atoms with Crippen LogP contribution in [-0.2, 0) is 0 Å². The summed E-state index contributed by atoms with van der Waals surface area (Å²) in [6.45, 7) is 4.26. The normalized spacial score (nSPS) is 11.6. The third-order valence-electron chi connectivity index (χ3n) is 7.83. The fourth-order valence-electron chi connectivity index (χ4n) is 6.01. The van der Waals surface area contributed by atoms with Gasteiger partial charge >= 0.3 is 0 Å². The van der Waals surface area contributed by atoms with E-state index >= 15 is 0 Å². The average molecular weight is 546 g/mol. The standard InChI is InChI=1S/C36H27N5O/c1-24-10-7-11-25(2)34(24)39-21-20-37-35(39)26-12-8-14-28(22-26)42-29-15-9-13-27(23-29)40-32-18-5-6-19-33(32)41-31-17-4-3-16-30(31)38-36(40)41/h3-23H,1-2H3. The first kappa shape index (κ1) is 24.2. The van der Waals surface area contributed by atoms with Crippen molar-refractivity contribution < 1.29 is 4.74 Å². The molecule has 0 aliphatic heterocycles. The Morgan fingerprint density at radius 1 is 0.643 bits per heavy atom. The summed E-state index contributed by atoms with van der Waals surface area (Å²) in [4.78, 5) is 9.72. The van der Waals surface area contributed by atoms with E-state index in [-0.39, 0.29) is 0 Å². The molecule has 3 aromatic heterocycles. The molecule has 0 spiro atoms. The second kappa shape index (κ2) is 9.49. The maximum Gasteiger partial charge on any atom is 0.220 e. The van der Waals surface area contributed by atoms with Crippen molar-refractivity contribution >= 4 is 27.8 Å². The van der Waals surface area contributed by atoms with E-state index in [9.17, 15) is 0 Å². The Kier molecular flexibility index (Phi) is 5.47. The lowest BCUT2D eigenvalue weighted by molar-refractivity contribution is 0.482. The van der Waals surface area contributed by atoms with Gasteiger partial charge in [-0.3, -0.25) is 13.5 Å². The molecule has 3 heterocycles. The number of para-hydroxylation sites is 5. The van der Waals surface area contributed by atoms with Crippen LogP contribution in [0.25, 0.3) is 50.6 Å². The van der Waals surface area contributed by atoms with Crippen LogP contribution in [0.3, 0.4) is 0 Å². The predicted octanol–water partition coefficient (Wildman–Crippen LogP) is 8.69. The van der Waals surface area contributed by atoms with Crippen molar-refractivity contribution in [3.8, 4) is 34.3 Å². The molecule has 5 aromatic carbocycles. The van der Waals surface area contributed by atoms with Crippen molar-refractivity contribution in [1.29, 1.82) is 0 Å². The van der Waals surface area contributed by atoms with E-state index in [4.69, 9.17) is 14.7 Å². The number of imidazole rings is 3. The predicted molar refractivity (Wildman–Crippen MR) is 168 cm³/mol. The number of benzene rings is 5. The zero-order chi connectivity index (χ0) is 28.2. The van der Waals surface area contributed by atoms with E-state index in [1.54, 1.807) is 0 Å². The zero-order valence-corrected chi connectivity index (χ0v) is 23.3. The summed E-state index contributed by atoms with van der Waals surface area (Å²) < 4.78 is 13.0. The Bertz CT molecular complexity index is 2250. The Hall–Kier alpha value is -5.62. The number of hydrogen-bond acceptors (Lipinski definition) is 3. The van der Waals surface area contributed by atoms with E-state index in [0.717, 1.165) is 62.1 Å². The summed E-state index contributed by atoms with van der Waals surface area (Å²) in [7, 11) is 0. The summed E-state index contributed by atoms with van der Waals surface area (Å²) >= 11 is 0. The van der Waals surface area contributed by atoms with Crippen LogP contribution < -0.4 is 4.74 Å². The minimum atomic E-state index is 0.745. The van der Waals surface area contributed by atoms with Crippen LogP contribution in [0.4, 0.5) is 0 Å². The Morgan fingerprint density at radius 2 is 1.33 bits per heavy atom. The fraction of sp³-hybridized carbons (Fsp3) is 0.0556. The summed E-state index contributed by atoms with van der Waals surface area (Å²) in [5.41, 5.74) is 9.78. The van der Waals surface area contributed by atoms with Crippen molar-refractivity contribution in [3.05, 3.63) is 139 Å². The highest BCUT2D eigenvalue weighted by molar-refractivity contribution is 5.92. The molecule has 0 saturated carbocycles. The van der Waals surface area contributed by atoms with Gasteiger partial charge in [0.05, 0.1) is 33.4 Å². The minimum absolute atomic E-state index is 0.745. The molecule has 0 aliphatic carbocycles. The Balaban J connectivity index is 1.19. The topological polar surface area (TPSA) is 49.3 Å². The molecule has 0 saturated heterocycles. The fourth-order valence-corrected chi connectivity index (χ4v) is 6.01. The van der Waals surface area contributed by atoms with E-state index < -0.39 is 0 Å². The number of ether oxygens (including phenoxy) is 1. The van der Waals surface area contributed by atoms with Gasteiger partial charge in [-0.05, 0) is 73.5 Å². The van der Waals surface area contributed by atoms with Crippen molar-refractivity contribution in [1.82, 2.24) is 23.5 Å². The molecule has 202 valence electrons. The summed E-state index contributed by atoms with van der Waals surface area (Å²) in [5.74, 6) is 3.23. The molecule has 0 N–H and O–H groups in total.